The Morgan fingerprint density at radius 3 is 2.88 bits per heavy atom. The van der Waals surface area contributed by atoms with Crippen LogP contribution in [0.25, 0.3) is 0 Å². The Hall–Kier alpha value is -2.48. The molecule has 8 nitrogen and oxygen atoms in total. The Bertz CT molecular complexity index is 780. The summed E-state index contributed by atoms with van der Waals surface area (Å²) >= 11 is 0. The van der Waals surface area contributed by atoms with E-state index in [0.29, 0.717) is 23.3 Å². The van der Waals surface area contributed by atoms with Gasteiger partial charge in [0, 0.05) is 24.2 Å². The van der Waals surface area contributed by atoms with Crippen molar-refractivity contribution >= 4 is 5.91 Å². The zero-order valence-electron chi connectivity index (χ0n) is 14.1. The third-order valence-corrected chi connectivity index (χ3v) is 4.89. The van der Waals surface area contributed by atoms with Crippen molar-refractivity contribution in [2.75, 3.05) is 7.11 Å². The number of methoxy groups -OCH3 is 1. The topological polar surface area (TPSA) is 102 Å². The first-order valence-electron chi connectivity index (χ1n) is 8.55. The number of hydrogen-bond donors (Lipinski definition) is 2. The highest BCUT2D eigenvalue weighted by Gasteiger charge is 2.38. The van der Waals surface area contributed by atoms with Gasteiger partial charge < -0.3 is 19.7 Å². The summed E-state index contributed by atoms with van der Waals surface area (Å²) in [5.74, 6) is 2.01. The van der Waals surface area contributed by atoms with Crippen LogP contribution in [0.15, 0.2) is 18.3 Å². The summed E-state index contributed by atoms with van der Waals surface area (Å²) in [6.45, 7) is -0.0861. The van der Waals surface area contributed by atoms with Crippen LogP contribution < -0.4 is 10.1 Å². The molecule has 0 radical (unpaired) electrons. The molecule has 0 aromatic carbocycles. The summed E-state index contributed by atoms with van der Waals surface area (Å²) in [6, 6.07) is 3.95. The molecule has 1 amide bonds. The van der Waals surface area contributed by atoms with E-state index >= 15 is 0 Å². The van der Waals surface area contributed by atoms with E-state index in [1.54, 1.807) is 18.3 Å². The molecule has 0 atom stereocenters. The van der Waals surface area contributed by atoms with Crippen molar-refractivity contribution in [1.82, 2.24) is 25.1 Å². The van der Waals surface area contributed by atoms with Gasteiger partial charge in [0.25, 0.3) is 5.91 Å². The van der Waals surface area contributed by atoms with E-state index in [9.17, 15) is 9.90 Å². The fourth-order valence-electron chi connectivity index (χ4n) is 3.39. The van der Waals surface area contributed by atoms with Gasteiger partial charge in [-0.1, -0.05) is 0 Å². The second-order valence-corrected chi connectivity index (χ2v) is 6.63. The van der Waals surface area contributed by atoms with Crippen molar-refractivity contribution in [1.29, 1.82) is 0 Å². The third kappa shape index (κ3) is 2.97. The molecule has 8 heteroatoms. The maximum atomic E-state index is 12.4. The summed E-state index contributed by atoms with van der Waals surface area (Å²) in [4.78, 5) is 16.5. The lowest BCUT2D eigenvalue weighted by Gasteiger charge is -2.35. The number of aromatic nitrogens is 4. The SMILES string of the molecule is COc1ncccc1C(=O)NC1CC(c2nnc(CO)n2C2CC2)C1. The van der Waals surface area contributed by atoms with Gasteiger partial charge >= 0.3 is 0 Å². The number of aliphatic hydroxyl groups excluding tert-OH is 1. The minimum absolute atomic E-state index is 0.0861. The van der Waals surface area contributed by atoms with Crippen molar-refractivity contribution in [3.05, 3.63) is 35.5 Å². The first-order valence-corrected chi connectivity index (χ1v) is 8.55. The minimum atomic E-state index is -0.173. The molecule has 25 heavy (non-hydrogen) atoms. The summed E-state index contributed by atoms with van der Waals surface area (Å²) in [5, 5.41) is 20.8. The molecule has 2 aliphatic carbocycles. The summed E-state index contributed by atoms with van der Waals surface area (Å²) < 4.78 is 7.23. The average molecular weight is 343 g/mol. The van der Waals surface area contributed by atoms with E-state index in [0.717, 1.165) is 31.5 Å². The fourth-order valence-corrected chi connectivity index (χ4v) is 3.39. The minimum Gasteiger partial charge on any atom is -0.480 e. The van der Waals surface area contributed by atoms with Crippen LogP contribution in [0.4, 0.5) is 0 Å². The molecule has 4 rings (SSSR count). The van der Waals surface area contributed by atoms with Crippen LogP contribution in [0.3, 0.4) is 0 Å². The maximum Gasteiger partial charge on any atom is 0.256 e. The first-order chi connectivity index (χ1) is 12.2. The third-order valence-electron chi connectivity index (χ3n) is 4.89. The predicted molar refractivity (Wildman–Crippen MR) is 88.2 cm³/mol. The Balaban J connectivity index is 1.40. The second kappa shape index (κ2) is 6.44. The number of pyridine rings is 1. The molecule has 0 spiro atoms. The average Bonchev–Trinajstić information content (AvgIpc) is 3.36. The Labute approximate surface area is 145 Å². The summed E-state index contributed by atoms with van der Waals surface area (Å²) in [5.41, 5.74) is 0.442. The Morgan fingerprint density at radius 2 is 2.20 bits per heavy atom. The highest BCUT2D eigenvalue weighted by atomic mass is 16.5. The monoisotopic (exact) mass is 343 g/mol. The van der Waals surface area contributed by atoms with Crippen LogP contribution in [0, 0.1) is 0 Å². The van der Waals surface area contributed by atoms with Crippen molar-refractivity contribution in [2.24, 2.45) is 0 Å². The van der Waals surface area contributed by atoms with Crippen LogP contribution in [0.2, 0.25) is 0 Å². The maximum absolute atomic E-state index is 12.4. The van der Waals surface area contributed by atoms with E-state index in [1.807, 2.05) is 0 Å². The van der Waals surface area contributed by atoms with Gasteiger partial charge in [-0.15, -0.1) is 10.2 Å². The quantitative estimate of drug-likeness (QED) is 0.817. The first kappa shape index (κ1) is 16.0. The van der Waals surface area contributed by atoms with Crippen LogP contribution >= 0.6 is 0 Å². The lowest BCUT2D eigenvalue weighted by atomic mass is 9.79. The number of nitrogens with one attached hydrogen (secondary N) is 1. The zero-order chi connectivity index (χ0) is 17.4. The molecule has 2 aromatic heterocycles. The van der Waals surface area contributed by atoms with Crippen LogP contribution in [-0.2, 0) is 6.61 Å². The van der Waals surface area contributed by atoms with Gasteiger partial charge in [0.2, 0.25) is 5.88 Å². The Morgan fingerprint density at radius 1 is 1.40 bits per heavy atom. The molecule has 0 aliphatic heterocycles. The highest BCUT2D eigenvalue weighted by molar-refractivity contribution is 5.96. The Kier molecular flexibility index (Phi) is 4.12. The van der Waals surface area contributed by atoms with E-state index < -0.39 is 0 Å². The number of hydrogen-bond acceptors (Lipinski definition) is 6. The number of amides is 1. The molecule has 0 unspecified atom stereocenters. The molecule has 2 fully saturated rings. The standard InChI is InChI=1S/C17H21N5O3/c1-25-17-13(3-2-6-18-17)16(24)19-11-7-10(8-11)15-21-20-14(9-23)22(15)12-4-5-12/h2-3,6,10-12,23H,4-5,7-9H2,1H3,(H,19,24). The number of aliphatic hydroxyl groups is 1. The van der Waals surface area contributed by atoms with Crippen LogP contribution in [0.1, 0.15) is 59.6 Å². The molecule has 0 bridgehead atoms. The van der Waals surface area contributed by atoms with Gasteiger partial charge in [-0.2, -0.15) is 0 Å². The second-order valence-electron chi connectivity index (χ2n) is 6.63. The van der Waals surface area contributed by atoms with Gasteiger partial charge in [-0.05, 0) is 37.8 Å². The van der Waals surface area contributed by atoms with Crippen LogP contribution in [-0.4, -0.2) is 43.9 Å². The van der Waals surface area contributed by atoms with E-state index in [-0.39, 0.29) is 24.5 Å². The number of carbonyl (C=O) groups is 1. The number of nitrogens with zero attached hydrogens (tertiary/aromatic N) is 4. The fraction of sp³-hybridized carbons (Fsp3) is 0.529. The molecule has 2 aliphatic rings. The van der Waals surface area contributed by atoms with Crippen molar-refractivity contribution in [2.45, 2.75) is 50.3 Å². The predicted octanol–water partition coefficient (Wildman–Crippen LogP) is 1.18. The molecule has 2 aromatic rings. The molecule has 2 heterocycles. The largest absolute Gasteiger partial charge is 0.480 e. The molecule has 2 N–H and O–H groups in total. The molecular weight excluding hydrogens is 322 g/mol. The van der Waals surface area contributed by atoms with Gasteiger partial charge in [0.15, 0.2) is 5.82 Å². The lowest BCUT2D eigenvalue weighted by molar-refractivity contribution is 0.0902. The van der Waals surface area contributed by atoms with Crippen molar-refractivity contribution in [3.8, 4) is 5.88 Å². The highest BCUT2D eigenvalue weighted by Crippen LogP contribution is 2.42. The lowest BCUT2D eigenvalue weighted by Crippen LogP contribution is -2.44. The van der Waals surface area contributed by atoms with Gasteiger partial charge in [-0.3, -0.25) is 4.79 Å². The number of ether oxygens (including phenoxy) is 1. The molecule has 0 saturated heterocycles. The molecular formula is C17H21N5O3. The summed E-state index contributed by atoms with van der Waals surface area (Å²) in [7, 11) is 1.50. The normalized spacial score (nSPS) is 22.3. The van der Waals surface area contributed by atoms with Gasteiger partial charge in [-0.25, -0.2) is 4.98 Å². The smallest absolute Gasteiger partial charge is 0.256 e. The van der Waals surface area contributed by atoms with Crippen molar-refractivity contribution in [3.63, 3.8) is 0 Å². The molecule has 2 saturated carbocycles. The number of rotatable bonds is 6. The number of carbonyl (C=O) groups excluding carboxylic acids is 1. The van der Waals surface area contributed by atoms with Gasteiger partial charge in [0.1, 0.15) is 18.0 Å². The van der Waals surface area contributed by atoms with E-state index in [1.165, 1.54) is 7.11 Å². The summed E-state index contributed by atoms with van der Waals surface area (Å²) in [6.07, 6.45) is 5.48. The van der Waals surface area contributed by atoms with Crippen molar-refractivity contribution < 1.29 is 14.6 Å². The van der Waals surface area contributed by atoms with Gasteiger partial charge in [0.05, 0.1) is 7.11 Å². The zero-order valence-corrected chi connectivity index (χ0v) is 14.1. The van der Waals surface area contributed by atoms with E-state index in [2.05, 4.69) is 25.1 Å². The molecule has 132 valence electrons. The van der Waals surface area contributed by atoms with E-state index in [4.69, 9.17) is 4.74 Å². The van der Waals surface area contributed by atoms with Crippen LogP contribution in [0.5, 0.6) is 5.88 Å².